The minimum Gasteiger partial charge on any atom is -0.497 e. The summed E-state index contributed by atoms with van der Waals surface area (Å²) in [5.74, 6) is -0.760. The SMILES string of the molecule is COc1ccc(C(=O)Oc2ccc(C=NNC(=O)c3ccccc3F)cc2)cc1. The Morgan fingerprint density at radius 2 is 1.59 bits per heavy atom. The number of nitrogens with zero attached hydrogens (tertiary/aromatic N) is 1. The second-order valence-corrected chi connectivity index (χ2v) is 5.87. The van der Waals surface area contributed by atoms with Crippen LogP contribution in [0.2, 0.25) is 0 Å². The van der Waals surface area contributed by atoms with E-state index in [4.69, 9.17) is 9.47 Å². The second-order valence-electron chi connectivity index (χ2n) is 5.87. The normalized spacial score (nSPS) is 10.6. The molecule has 7 heteroatoms. The van der Waals surface area contributed by atoms with Crippen LogP contribution >= 0.6 is 0 Å². The molecule has 0 spiro atoms. The van der Waals surface area contributed by atoms with Gasteiger partial charge in [0.25, 0.3) is 5.91 Å². The van der Waals surface area contributed by atoms with Crippen LogP contribution in [0.15, 0.2) is 77.9 Å². The highest BCUT2D eigenvalue weighted by atomic mass is 19.1. The van der Waals surface area contributed by atoms with Crippen molar-refractivity contribution in [2.45, 2.75) is 0 Å². The lowest BCUT2D eigenvalue weighted by Crippen LogP contribution is -2.18. The van der Waals surface area contributed by atoms with E-state index in [0.29, 0.717) is 22.6 Å². The molecule has 0 saturated heterocycles. The number of carbonyl (C=O) groups excluding carboxylic acids is 2. The van der Waals surface area contributed by atoms with Crippen LogP contribution < -0.4 is 14.9 Å². The Kier molecular flexibility index (Phi) is 6.32. The molecule has 1 amide bonds. The molecule has 146 valence electrons. The quantitative estimate of drug-likeness (QED) is 0.299. The number of rotatable bonds is 6. The van der Waals surface area contributed by atoms with Crippen LogP contribution in [0.4, 0.5) is 4.39 Å². The van der Waals surface area contributed by atoms with Gasteiger partial charge in [0, 0.05) is 0 Å². The van der Waals surface area contributed by atoms with Crippen LogP contribution in [0, 0.1) is 5.82 Å². The first-order valence-electron chi connectivity index (χ1n) is 8.61. The molecule has 1 N–H and O–H groups in total. The molecule has 3 aromatic carbocycles. The maximum absolute atomic E-state index is 13.5. The average Bonchev–Trinajstić information content (AvgIpc) is 2.75. The fourth-order valence-electron chi connectivity index (χ4n) is 2.39. The third kappa shape index (κ3) is 5.26. The van der Waals surface area contributed by atoms with Crippen LogP contribution in [0.3, 0.4) is 0 Å². The summed E-state index contributed by atoms with van der Waals surface area (Å²) in [6.45, 7) is 0. The van der Waals surface area contributed by atoms with Crippen molar-refractivity contribution in [3.05, 3.63) is 95.3 Å². The smallest absolute Gasteiger partial charge is 0.343 e. The molecule has 0 aliphatic rings. The highest BCUT2D eigenvalue weighted by molar-refractivity contribution is 5.95. The Labute approximate surface area is 166 Å². The van der Waals surface area contributed by atoms with Gasteiger partial charge in [0.1, 0.15) is 17.3 Å². The van der Waals surface area contributed by atoms with Gasteiger partial charge in [-0.15, -0.1) is 0 Å². The van der Waals surface area contributed by atoms with E-state index >= 15 is 0 Å². The highest BCUT2D eigenvalue weighted by Crippen LogP contribution is 2.16. The number of ether oxygens (including phenoxy) is 2. The van der Waals surface area contributed by atoms with E-state index in [-0.39, 0.29) is 5.56 Å². The van der Waals surface area contributed by atoms with Gasteiger partial charge in [-0.05, 0) is 66.2 Å². The van der Waals surface area contributed by atoms with Crippen molar-refractivity contribution in [1.29, 1.82) is 0 Å². The molecule has 3 aromatic rings. The van der Waals surface area contributed by atoms with Gasteiger partial charge in [-0.1, -0.05) is 12.1 Å². The number of methoxy groups -OCH3 is 1. The molecular weight excluding hydrogens is 375 g/mol. The zero-order valence-corrected chi connectivity index (χ0v) is 15.5. The predicted octanol–water partition coefficient (Wildman–Crippen LogP) is 3.82. The van der Waals surface area contributed by atoms with Crippen LogP contribution in [-0.4, -0.2) is 25.2 Å². The number of esters is 1. The molecule has 0 unspecified atom stereocenters. The Hall–Kier alpha value is -4.00. The van der Waals surface area contributed by atoms with Gasteiger partial charge in [0.15, 0.2) is 0 Å². The molecular formula is C22H17FN2O4. The van der Waals surface area contributed by atoms with E-state index in [1.165, 1.54) is 24.4 Å². The number of benzene rings is 3. The highest BCUT2D eigenvalue weighted by Gasteiger charge is 2.10. The van der Waals surface area contributed by atoms with E-state index in [1.54, 1.807) is 61.7 Å². The van der Waals surface area contributed by atoms with E-state index in [0.717, 1.165) is 0 Å². The van der Waals surface area contributed by atoms with Gasteiger partial charge in [-0.3, -0.25) is 4.79 Å². The summed E-state index contributed by atoms with van der Waals surface area (Å²) in [6, 6.07) is 18.7. The van der Waals surface area contributed by atoms with Crippen LogP contribution in [0.1, 0.15) is 26.3 Å². The molecule has 29 heavy (non-hydrogen) atoms. The van der Waals surface area contributed by atoms with Crippen molar-refractivity contribution in [3.8, 4) is 11.5 Å². The number of hydrogen-bond acceptors (Lipinski definition) is 5. The molecule has 0 aliphatic heterocycles. The van der Waals surface area contributed by atoms with Gasteiger partial charge in [0.2, 0.25) is 0 Å². The molecule has 0 fully saturated rings. The number of nitrogens with one attached hydrogen (secondary N) is 1. The summed E-state index contributed by atoms with van der Waals surface area (Å²) in [5.41, 5.74) is 3.22. The number of hydrazone groups is 1. The van der Waals surface area contributed by atoms with Crippen LogP contribution in [-0.2, 0) is 0 Å². The lowest BCUT2D eigenvalue weighted by molar-refractivity contribution is 0.0734. The van der Waals surface area contributed by atoms with Crippen molar-refractivity contribution in [2.75, 3.05) is 7.11 Å². The Balaban J connectivity index is 1.56. The average molecular weight is 392 g/mol. The minimum absolute atomic E-state index is 0.0922. The third-order valence-corrected chi connectivity index (χ3v) is 3.91. The monoisotopic (exact) mass is 392 g/mol. The summed E-state index contributed by atoms with van der Waals surface area (Å²) in [6.07, 6.45) is 1.40. The lowest BCUT2D eigenvalue weighted by atomic mass is 10.2. The Bertz CT molecular complexity index is 1030. The molecule has 6 nitrogen and oxygen atoms in total. The van der Waals surface area contributed by atoms with Gasteiger partial charge in [0.05, 0.1) is 24.5 Å². The molecule has 0 aromatic heterocycles. The molecule has 0 radical (unpaired) electrons. The minimum atomic E-state index is -0.649. The van der Waals surface area contributed by atoms with E-state index in [9.17, 15) is 14.0 Å². The molecule has 0 atom stereocenters. The number of hydrogen-bond donors (Lipinski definition) is 1. The summed E-state index contributed by atoms with van der Waals surface area (Å²) < 4.78 is 23.9. The summed E-state index contributed by atoms with van der Waals surface area (Å²) in [4.78, 5) is 24.0. The first-order chi connectivity index (χ1) is 14.1. The molecule has 0 heterocycles. The summed E-state index contributed by atoms with van der Waals surface area (Å²) in [7, 11) is 1.55. The third-order valence-electron chi connectivity index (χ3n) is 3.91. The molecule has 0 aliphatic carbocycles. The first-order valence-corrected chi connectivity index (χ1v) is 8.61. The fraction of sp³-hybridized carbons (Fsp3) is 0.0455. The van der Waals surface area contributed by atoms with Crippen molar-refractivity contribution in [2.24, 2.45) is 5.10 Å². The largest absolute Gasteiger partial charge is 0.497 e. The van der Waals surface area contributed by atoms with Crippen LogP contribution in [0.25, 0.3) is 0 Å². The van der Waals surface area contributed by atoms with Crippen LogP contribution in [0.5, 0.6) is 11.5 Å². The topological polar surface area (TPSA) is 77.0 Å². The van der Waals surface area contributed by atoms with Gasteiger partial charge in [-0.2, -0.15) is 5.10 Å². The van der Waals surface area contributed by atoms with E-state index in [2.05, 4.69) is 10.5 Å². The Morgan fingerprint density at radius 3 is 2.24 bits per heavy atom. The van der Waals surface area contributed by atoms with Crippen molar-refractivity contribution < 1.29 is 23.5 Å². The molecule has 3 rings (SSSR count). The zero-order chi connectivity index (χ0) is 20.6. The van der Waals surface area contributed by atoms with Gasteiger partial charge in [-0.25, -0.2) is 14.6 Å². The molecule has 0 saturated carbocycles. The maximum atomic E-state index is 13.5. The number of carbonyl (C=O) groups is 2. The number of halogens is 1. The lowest BCUT2D eigenvalue weighted by Gasteiger charge is -2.05. The fourth-order valence-corrected chi connectivity index (χ4v) is 2.39. The van der Waals surface area contributed by atoms with Crippen molar-refractivity contribution >= 4 is 18.1 Å². The van der Waals surface area contributed by atoms with E-state index in [1.807, 2.05) is 0 Å². The standard InChI is InChI=1S/C22H17FN2O4/c1-28-17-12-8-16(9-13-17)22(27)29-18-10-6-15(7-11-18)14-24-25-21(26)19-4-2-3-5-20(19)23/h2-14H,1H3,(H,25,26). The number of amides is 1. The maximum Gasteiger partial charge on any atom is 0.343 e. The molecule has 0 bridgehead atoms. The van der Waals surface area contributed by atoms with Gasteiger partial charge >= 0.3 is 5.97 Å². The van der Waals surface area contributed by atoms with Crippen molar-refractivity contribution in [3.63, 3.8) is 0 Å². The van der Waals surface area contributed by atoms with E-state index < -0.39 is 17.7 Å². The Morgan fingerprint density at radius 1 is 0.931 bits per heavy atom. The predicted molar refractivity (Wildman–Crippen MR) is 106 cm³/mol. The summed E-state index contributed by atoms with van der Waals surface area (Å²) >= 11 is 0. The van der Waals surface area contributed by atoms with Crippen molar-refractivity contribution in [1.82, 2.24) is 5.43 Å². The first kappa shape index (κ1) is 19.8. The second kappa shape index (κ2) is 9.27. The summed E-state index contributed by atoms with van der Waals surface area (Å²) in [5, 5.41) is 3.80. The van der Waals surface area contributed by atoms with Gasteiger partial charge < -0.3 is 9.47 Å². The zero-order valence-electron chi connectivity index (χ0n) is 15.5.